The molecule has 0 aliphatic carbocycles. The molecule has 0 aliphatic rings. The van der Waals surface area contributed by atoms with Crippen molar-refractivity contribution in [2.75, 3.05) is 42.1 Å². The van der Waals surface area contributed by atoms with E-state index >= 15 is 0 Å². The monoisotopic (exact) mass is 299 g/mol. The largest absolute Gasteiger partial charge is 0.372 e. The standard InChI is InChI=1S/C14H25N3O2S/c1-4-17(5-2)14-9-7-13(8-10-14)16-20(18,19)12-6-11-15-3/h7-10,15-16H,4-6,11-12H2,1-3H3. The Morgan fingerprint density at radius 3 is 2.20 bits per heavy atom. The number of sulfonamides is 1. The van der Waals surface area contributed by atoms with Crippen LogP contribution in [0.4, 0.5) is 11.4 Å². The van der Waals surface area contributed by atoms with Gasteiger partial charge in [0.05, 0.1) is 5.75 Å². The minimum Gasteiger partial charge on any atom is -0.372 e. The van der Waals surface area contributed by atoms with Crippen molar-refractivity contribution in [3.8, 4) is 0 Å². The van der Waals surface area contributed by atoms with Crippen molar-refractivity contribution in [3.63, 3.8) is 0 Å². The van der Waals surface area contributed by atoms with E-state index in [0.29, 0.717) is 18.7 Å². The molecule has 0 atom stereocenters. The molecule has 20 heavy (non-hydrogen) atoms. The molecule has 0 radical (unpaired) electrons. The zero-order chi connectivity index (χ0) is 15.0. The van der Waals surface area contributed by atoms with Gasteiger partial charge in [-0.25, -0.2) is 8.42 Å². The molecule has 0 aromatic heterocycles. The highest BCUT2D eigenvalue weighted by Gasteiger charge is 2.10. The van der Waals surface area contributed by atoms with Crippen molar-refractivity contribution in [2.45, 2.75) is 20.3 Å². The molecule has 0 spiro atoms. The van der Waals surface area contributed by atoms with Gasteiger partial charge in [-0.15, -0.1) is 0 Å². The van der Waals surface area contributed by atoms with E-state index in [1.807, 2.05) is 31.3 Å². The summed E-state index contributed by atoms with van der Waals surface area (Å²) >= 11 is 0. The molecule has 0 saturated heterocycles. The van der Waals surface area contributed by atoms with Crippen LogP contribution in [0.15, 0.2) is 24.3 Å². The number of hydrogen-bond donors (Lipinski definition) is 2. The maximum absolute atomic E-state index is 11.9. The summed E-state index contributed by atoms with van der Waals surface area (Å²) in [4.78, 5) is 2.21. The van der Waals surface area contributed by atoms with E-state index in [0.717, 1.165) is 18.8 Å². The SMILES string of the molecule is CCN(CC)c1ccc(NS(=O)(=O)CCCNC)cc1. The highest BCUT2D eigenvalue weighted by molar-refractivity contribution is 7.92. The lowest BCUT2D eigenvalue weighted by molar-refractivity contribution is 0.597. The lowest BCUT2D eigenvalue weighted by atomic mass is 10.2. The van der Waals surface area contributed by atoms with Gasteiger partial charge in [0, 0.05) is 24.5 Å². The number of rotatable bonds is 9. The average molecular weight is 299 g/mol. The van der Waals surface area contributed by atoms with E-state index in [1.54, 1.807) is 0 Å². The second kappa shape index (κ2) is 8.11. The van der Waals surface area contributed by atoms with Crippen LogP contribution in [0.1, 0.15) is 20.3 Å². The molecule has 0 amide bonds. The highest BCUT2D eigenvalue weighted by atomic mass is 32.2. The molecule has 0 heterocycles. The summed E-state index contributed by atoms with van der Waals surface area (Å²) in [5.41, 5.74) is 1.72. The van der Waals surface area contributed by atoms with Crippen LogP contribution in [0.3, 0.4) is 0 Å². The van der Waals surface area contributed by atoms with Gasteiger partial charge in [-0.05, 0) is 58.1 Å². The predicted octanol–water partition coefficient (Wildman–Crippen LogP) is 1.88. The van der Waals surface area contributed by atoms with Crippen LogP contribution in [0, 0.1) is 0 Å². The number of anilines is 2. The van der Waals surface area contributed by atoms with Gasteiger partial charge in [-0.3, -0.25) is 4.72 Å². The van der Waals surface area contributed by atoms with Gasteiger partial charge in [0.1, 0.15) is 0 Å². The second-order valence-electron chi connectivity index (χ2n) is 4.60. The van der Waals surface area contributed by atoms with Gasteiger partial charge in [-0.2, -0.15) is 0 Å². The Balaban J connectivity index is 2.65. The van der Waals surface area contributed by atoms with Crippen LogP contribution in [0.25, 0.3) is 0 Å². The van der Waals surface area contributed by atoms with Crippen molar-refractivity contribution in [3.05, 3.63) is 24.3 Å². The quantitative estimate of drug-likeness (QED) is 0.684. The van der Waals surface area contributed by atoms with Gasteiger partial charge in [0.15, 0.2) is 0 Å². The molecule has 1 aromatic rings. The number of nitrogens with zero attached hydrogens (tertiary/aromatic N) is 1. The fourth-order valence-electron chi connectivity index (χ4n) is 2.00. The molecule has 0 unspecified atom stereocenters. The molecule has 0 saturated carbocycles. The molecular formula is C14H25N3O2S. The number of benzene rings is 1. The van der Waals surface area contributed by atoms with Crippen LogP contribution in [-0.2, 0) is 10.0 Å². The molecule has 0 aliphatic heterocycles. The molecular weight excluding hydrogens is 274 g/mol. The topological polar surface area (TPSA) is 61.4 Å². The summed E-state index contributed by atoms with van der Waals surface area (Å²) in [6.45, 7) is 6.77. The van der Waals surface area contributed by atoms with Crippen molar-refractivity contribution < 1.29 is 8.42 Å². The first-order valence-electron chi connectivity index (χ1n) is 7.02. The van der Waals surface area contributed by atoms with Gasteiger partial charge in [0.25, 0.3) is 0 Å². The molecule has 1 aromatic carbocycles. The summed E-state index contributed by atoms with van der Waals surface area (Å²) in [5, 5.41) is 2.94. The minimum absolute atomic E-state index is 0.131. The summed E-state index contributed by atoms with van der Waals surface area (Å²) < 4.78 is 26.3. The Labute approximate surface area is 122 Å². The van der Waals surface area contributed by atoms with Gasteiger partial charge in [0.2, 0.25) is 10.0 Å². The number of hydrogen-bond acceptors (Lipinski definition) is 4. The van der Waals surface area contributed by atoms with Crippen molar-refractivity contribution >= 4 is 21.4 Å². The number of nitrogens with one attached hydrogen (secondary N) is 2. The zero-order valence-corrected chi connectivity index (χ0v) is 13.3. The van der Waals surface area contributed by atoms with Gasteiger partial charge in [-0.1, -0.05) is 0 Å². The van der Waals surface area contributed by atoms with Crippen LogP contribution in [0.2, 0.25) is 0 Å². The summed E-state index contributed by atoms with van der Waals surface area (Å²) in [7, 11) is -1.44. The first-order valence-corrected chi connectivity index (χ1v) is 8.67. The first kappa shape index (κ1) is 16.8. The van der Waals surface area contributed by atoms with E-state index in [4.69, 9.17) is 0 Å². The third-order valence-corrected chi connectivity index (χ3v) is 4.48. The molecule has 1 rings (SSSR count). The molecule has 6 heteroatoms. The Kier molecular flexibility index (Phi) is 6.81. The Bertz CT molecular complexity index is 482. The van der Waals surface area contributed by atoms with Crippen LogP contribution in [0.5, 0.6) is 0 Å². The van der Waals surface area contributed by atoms with Crippen molar-refractivity contribution in [1.82, 2.24) is 5.32 Å². The minimum atomic E-state index is -3.25. The second-order valence-corrected chi connectivity index (χ2v) is 6.44. The van der Waals surface area contributed by atoms with E-state index < -0.39 is 10.0 Å². The normalized spacial score (nSPS) is 11.3. The van der Waals surface area contributed by atoms with Crippen LogP contribution < -0.4 is 14.9 Å². The maximum atomic E-state index is 11.9. The fraction of sp³-hybridized carbons (Fsp3) is 0.571. The maximum Gasteiger partial charge on any atom is 0.232 e. The van der Waals surface area contributed by atoms with E-state index in [9.17, 15) is 8.42 Å². The fourth-order valence-corrected chi connectivity index (χ4v) is 3.12. The third-order valence-electron chi connectivity index (χ3n) is 3.11. The van der Waals surface area contributed by atoms with Crippen molar-refractivity contribution in [2.24, 2.45) is 0 Å². The summed E-state index contributed by atoms with van der Waals surface area (Å²) in [6.07, 6.45) is 0.601. The lowest BCUT2D eigenvalue weighted by Crippen LogP contribution is -2.22. The van der Waals surface area contributed by atoms with Gasteiger partial charge < -0.3 is 10.2 Å². The molecule has 0 fully saturated rings. The third kappa shape index (κ3) is 5.38. The molecule has 2 N–H and O–H groups in total. The lowest BCUT2D eigenvalue weighted by Gasteiger charge is -2.21. The average Bonchev–Trinajstić information content (AvgIpc) is 2.42. The molecule has 5 nitrogen and oxygen atoms in total. The molecule has 114 valence electrons. The van der Waals surface area contributed by atoms with Crippen LogP contribution >= 0.6 is 0 Å². The highest BCUT2D eigenvalue weighted by Crippen LogP contribution is 2.18. The summed E-state index contributed by atoms with van der Waals surface area (Å²) in [6, 6.07) is 7.50. The van der Waals surface area contributed by atoms with Crippen LogP contribution in [-0.4, -0.2) is 40.9 Å². The Morgan fingerprint density at radius 1 is 1.10 bits per heavy atom. The summed E-state index contributed by atoms with van der Waals surface area (Å²) in [5.74, 6) is 0.131. The van der Waals surface area contributed by atoms with E-state index in [-0.39, 0.29) is 5.75 Å². The first-order chi connectivity index (χ1) is 9.52. The van der Waals surface area contributed by atoms with E-state index in [1.165, 1.54) is 0 Å². The zero-order valence-electron chi connectivity index (χ0n) is 12.5. The van der Waals surface area contributed by atoms with E-state index in [2.05, 4.69) is 28.8 Å². The Hall–Kier alpha value is -1.27. The molecule has 0 bridgehead atoms. The smallest absolute Gasteiger partial charge is 0.232 e. The van der Waals surface area contributed by atoms with Crippen molar-refractivity contribution in [1.29, 1.82) is 0 Å². The predicted molar refractivity (Wildman–Crippen MR) is 86.0 cm³/mol. The Morgan fingerprint density at radius 2 is 1.70 bits per heavy atom. The van der Waals surface area contributed by atoms with Gasteiger partial charge >= 0.3 is 0 Å².